The molecular weight excluding hydrogens is 580 g/mol. The van der Waals surface area contributed by atoms with Crippen molar-refractivity contribution in [1.29, 1.82) is 0 Å². The Bertz CT molecular complexity index is 2110. The summed E-state index contributed by atoms with van der Waals surface area (Å²) in [7, 11) is 0. The molecule has 0 aliphatic carbocycles. The highest BCUT2D eigenvalue weighted by molar-refractivity contribution is 6.10. The number of nitrogens with two attached hydrogens (primary N) is 1. The minimum absolute atomic E-state index is 0.0104. The van der Waals surface area contributed by atoms with Crippen LogP contribution in [0, 0.1) is 0 Å². The maximum atomic E-state index is 13.2. The SMILES string of the molecule is Nc1c(N2CCc3ccc(CNC(=O)c4c[nH]c5c(C(=O)NCc6ccc7c(c6)NC(=O)CO7)ncnc45)cc3C2)c(=O)c1=O. The van der Waals surface area contributed by atoms with Gasteiger partial charge in [-0.2, -0.15) is 0 Å². The molecule has 7 rings (SSSR count). The third-order valence-corrected chi connectivity index (χ3v) is 8.03. The molecule has 3 aromatic carbocycles. The lowest BCUT2D eigenvalue weighted by Crippen LogP contribution is -2.44. The topological polar surface area (TPSA) is 201 Å². The van der Waals surface area contributed by atoms with Crippen molar-refractivity contribution in [2.45, 2.75) is 26.1 Å². The molecule has 0 fully saturated rings. The number of carbonyl (C=O) groups excluding carboxylic acids is 3. The van der Waals surface area contributed by atoms with Crippen molar-refractivity contribution < 1.29 is 19.1 Å². The number of hydrogen-bond acceptors (Lipinski definition) is 10. The van der Waals surface area contributed by atoms with Gasteiger partial charge in [-0.3, -0.25) is 24.0 Å². The van der Waals surface area contributed by atoms with E-state index in [0.29, 0.717) is 42.0 Å². The van der Waals surface area contributed by atoms with E-state index in [2.05, 4.69) is 30.9 Å². The normalized spacial score (nSPS) is 14.0. The van der Waals surface area contributed by atoms with Crippen molar-refractivity contribution in [3.8, 4) is 5.75 Å². The van der Waals surface area contributed by atoms with Crippen molar-refractivity contribution in [3.05, 3.63) is 103 Å². The number of carbonyl (C=O) groups is 3. The van der Waals surface area contributed by atoms with Gasteiger partial charge in [0.1, 0.15) is 29.0 Å². The van der Waals surface area contributed by atoms with Crippen molar-refractivity contribution in [2.24, 2.45) is 0 Å². The van der Waals surface area contributed by atoms with Gasteiger partial charge in [-0.05, 0) is 40.8 Å². The number of ether oxygens (including phenoxy) is 1. The van der Waals surface area contributed by atoms with Crippen molar-refractivity contribution in [1.82, 2.24) is 25.6 Å². The second kappa shape index (κ2) is 10.9. The Kier molecular flexibility index (Phi) is 6.72. The number of amides is 3. The molecule has 0 unspecified atom stereocenters. The van der Waals surface area contributed by atoms with Crippen LogP contribution in [-0.4, -0.2) is 45.8 Å². The van der Waals surface area contributed by atoms with E-state index in [9.17, 15) is 24.0 Å². The van der Waals surface area contributed by atoms with Crippen LogP contribution in [0.25, 0.3) is 11.0 Å². The summed E-state index contributed by atoms with van der Waals surface area (Å²) >= 11 is 0. The molecule has 0 spiro atoms. The van der Waals surface area contributed by atoms with Gasteiger partial charge in [0, 0.05) is 32.4 Å². The van der Waals surface area contributed by atoms with E-state index in [1.165, 1.54) is 12.5 Å². The number of rotatable bonds is 7. The third kappa shape index (κ3) is 5.01. The maximum absolute atomic E-state index is 13.2. The fourth-order valence-corrected chi connectivity index (χ4v) is 5.69. The molecule has 226 valence electrons. The molecule has 0 bridgehead atoms. The summed E-state index contributed by atoms with van der Waals surface area (Å²) in [6, 6.07) is 11.1. The number of nitrogens with zero attached hydrogens (tertiary/aromatic N) is 3. The van der Waals surface area contributed by atoms with Crippen LogP contribution in [0.4, 0.5) is 17.1 Å². The van der Waals surface area contributed by atoms with Gasteiger partial charge in [-0.15, -0.1) is 0 Å². The lowest BCUT2D eigenvalue weighted by molar-refractivity contribution is -0.118. The van der Waals surface area contributed by atoms with Crippen LogP contribution in [0.5, 0.6) is 5.75 Å². The van der Waals surface area contributed by atoms with E-state index >= 15 is 0 Å². The molecule has 0 atom stereocenters. The van der Waals surface area contributed by atoms with E-state index in [1.54, 1.807) is 18.2 Å². The van der Waals surface area contributed by atoms with E-state index in [0.717, 1.165) is 22.3 Å². The molecule has 5 aromatic rings. The number of H-pyrrole nitrogens is 1. The number of nitrogen functional groups attached to an aromatic ring is 1. The van der Waals surface area contributed by atoms with Gasteiger partial charge in [0.05, 0.1) is 16.8 Å². The molecule has 0 saturated carbocycles. The zero-order valence-electron chi connectivity index (χ0n) is 23.7. The first-order valence-electron chi connectivity index (χ1n) is 14.2. The zero-order valence-corrected chi connectivity index (χ0v) is 23.7. The number of aromatic amines is 1. The number of anilines is 3. The second-order valence-electron chi connectivity index (χ2n) is 10.9. The largest absolute Gasteiger partial charge is 0.482 e. The first kappa shape index (κ1) is 27.8. The summed E-state index contributed by atoms with van der Waals surface area (Å²) in [6.07, 6.45) is 3.41. The molecule has 14 nitrogen and oxygen atoms in total. The fraction of sp³-hybridized carbons (Fsp3) is 0.194. The Labute approximate surface area is 254 Å². The van der Waals surface area contributed by atoms with E-state index in [1.807, 2.05) is 23.1 Å². The smallest absolute Gasteiger partial charge is 0.272 e. The number of fused-ring (bicyclic) bond motifs is 3. The average molecular weight is 607 g/mol. The molecule has 4 heterocycles. The van der Waals surface area contributed by atoms with Crippen LogP contribution in [0.15, 0.2) is 58.5 Å². The van der Waals surface area contributed by atoms with E-state index in [4.69, 9.17) is 10.5 Å². The highest BCUT2D eigenvalue weighted by atomic mass is 16.5. The molecule has 6 N–H and O–H groups in total. The Morgan fingerprint density at radius 1 is 0.956 bits per heavy atom. The highest BCUT2D eigenvalue weighted by Crippen LogP contribution is 2.29. The Morgan fingerprint density at radius 3 is 2.56 bits per heavy atom. The van der Waals surface area contributed by atoms with Crippen LogP contribution in [-0.2, 0) is 30.8 Å². The summed E-state index contributed by atoms with van der Waals surface area (Å²) in [5, 5.41) is 8.44. The lowest BCUT2D eigenvalue weighted by atomic mass is 9.96. The number of nitrogens with one attached hydrogen (secondary N) is 4. The van der Waals surface area contributed by atoms with Gasteiger partial charge in [0.2, 0.25) is 0 Å². The van der Waals surface area contributed by atoms with Gasteiger partial charge in [-0.25, -0.2) is 9.97 Å². The zero-order chi connectivity index (χ0) is 31.2. The molecule has 2 aliphatic rings. The first-order valence-corrected chi connectivity index (χ1v) is 14.2. The Balaban J connectivity index is 1.01. The second-order valence-corrected chi connectivity index (χ2v) is 10.9. The first-order chi connectivity index (χ1) is 21.8. The minimum Gasteiger partial charge on any atom is -0.482 e. The molecule has 0 saturated heterocycles. The van der Waals surface area contributed by atoms with Gasteiger partial charge in [0.15, 0.2) is 12.3 Å². The third-order valence-electron chi connectivity index (χ3n) is 8.03. The molecule has 3 amide bonds. The minimum atomic E-state index is -0.638. The average Bonchev–Trinajstić information content (AvgIpc) is 3.50. The monoisotopic (exact) mass is 606 g/mol. The van der Waals surface area contributed by atoms with Crippen molar-refractivity contribution in [2.75, 3.05) is 29.1 Å². The van der Waals surface area contributed by atoms with Crippen LogP contribution in [0.3, 0.4) is 0 Å². The summed E-state index contributed by atoms with van der Waals surface area (Å²) in [6.45, 7) is 1.38. The Morgan fingerprint density at radius 2 is 1.73 bits per heavy atom. The number of aromatic nitrogens is 3. The van der Waals surface area contributed by atoms with Crippen LogP contribution >= 0.6 is 0 Å². The van der Waals surface area contributed by atoms with E-state index in [-0.39, 0.29) is 54.1 Å². The van der Waals surface area contributed by atoms with E-state index < -0.39 is 16.8 Å². The summed E-state index contributed by atoms with van der Waals surface area (Å²) in [4.78, 5) is 74.6. The quantitative estimate of drug-likeness (QED) is 0.166. The summed E-state index contributed by atoms with van der Waals surface area (Å²) < 4.78 is 5.37. The summed E-state index contributed by atoms with van der Waals surface area (Å²) in [5.74, 6) is -0.552. The molecular formula is C31H26N8O6. The molecule has 45 heavy (non-hydrogen) atoms. The number of hydrogen-bond donors (Lipinski definition) is 5. The fourth-order valence-electron chi connectivity index (χ4n) is 5.69. The van der Waals surface area contributed by atoms with Gasteiger partial charge < -0.3 is 36.3 Å². The van der Waals surface area contributed by atoms with Crippen molar-refractivity contribution in [3.63, 3.8) is 0 Å². The molecule has 2 aliphatic heterocycles. The molecule has 2 aromatic heterocycles. The maximum Gasteiger partial charge on any atom is 0.272 e. The van der Waals surface area contributed by atoms with Gasteiger partial charge in [0.25, 0.3) is 28.6 Å². The molecule has 14 heteroatoms. The highest BCUT2D eigenvalue weighted by Gasteiger charge is 2.27. The number of benzene rings is 2. The lowest BCUT2D eigenvalue weighted by Gasteiger charge is -2.32. The molecule has 0 radical (unpaired) electrons. The predicted octanol–water partition coefficient (Wildman–Crippen LogP) is 0.890. The van der Waals surface area contributed by atoms with Crippen LogP contribution in [0.2, 0.25) is 0 Å². The van der Waals surface area contributed by atoms with Crippen molar-refractivity contribution >= 4 is 45.8 Å². The van der Waals surface area contributed by atoms with Crippen LogP contribution < -0.4 is 42.2 Å². The predicted molar refractivity (Wildman–Crippen MR) is 164 cm³/mol. The Hall–Kier alpha value is -6.05. The summed E-state index contributed by atoms with van der Waals surface area (Å²) in [5.41, 5.74) is 10.1. The van der Waals surface area contributed by atoms with Gasteiger partial charge in [-0.1, -0.05) is 24.3 Å². The standard InChI is InChI=1S/C31H26N8O6/c32-23-27(29(42)28(23)41)39-6-5-17-3-1-15(7-18(17)12-39)9-34-30(43)19-11-33-25-24(19)36-14-37-26(25)31(44)35-10-16-2-4-21-20(8-16)38-22(40)13-45-21/h1-4,7-8,11,14,33H,5-6,9-10,12-13,32H2,(H,34,43)(H,35,44)(H,38,40). The van der Waals surface area contributed by atoms with Crippen LogP contribution in [0.1, 0.15) is 43.1 Å². The van der Waals surface area contributed by atoms with Gasteiger partial charge >= 0.3 is 0 Å².